The van der Waals surface area contributed by atoms with Crippen molar-refractivity contribution in [3.63, 3.8) is 0 Å². The zero-order valence-electron chi connectivity index (χ0n) is 15.1. The van der Waals surface area contributed by atoms with Gasteiger partial charge in [0, 0.05) is 19.6 Å². The molecule has 0 aliphatic rings. The van der Waals surface area contributed by atoms with Crippen LogP contribution in [0.2, 0.25) is 0 Å². The van der Waals surface area contributed by atoms with Crippen LogP contribution in [0.3, 0.4) is 0 Å². The molecule has 1 heterocycles. The summed E-state index contributed by atoms with van der Waals surface area (Å²) < 4.78 is 12.4. The monoisotopic (exact) mass is 341 g/mol. The van der Waals surface area contributed by atoms with E-state index in [0.717, 1.165) is 25.9 Å². The number of amides is 1. The van der Waals surface area contributed by atoms with Crippen molar-refractivity contribution >= 4 is 5.91 Å². The number of rotatable bonds is 14. The van der Waals surface area contributed by atoms with E-state index in [9.17, 15) is 4.79 Å². The normalized spacial score (nSPS) is 11.2. The van der Waals surface area contributed by atoms with E-state index in [2.05, 4.69) is 34.8 Å². The second-order valence-corrected chi connectivity index (χ2v) is 5.99. The molecule has 0 saturated carbocycles. The van der Waals surface area contributed by atoms with Crippen molar-refractivity contribution in [1.29, 1.82) is 0 Å². The maximum Gasteiger partial charge on any atom is 0.273 e. The number of aryl methyl sites for hydroxylation is 1. The van der Waals surface area contributed by atoms with Crippen LogP contribution < -0.4 is 10.6 Å². The molecule has 0 atom stereocenters. The van der Waals surface area contributed by atoms with Crippen LogP contribution in [0.15, 0.2) is 6.20 Å². The van der Waals surface area contributed by atoms with Crippen LogP contribution in [-0.2, 0) is 16.0 Å². The molecule has 1 amide bonds. The third-order valence-electron chi connectivity index (χ3n) is 3.34. The van der Waals surface area contributed by atoms with Gasteiger partial charge in [0.1, 0.15) is 0 Å². The Bertz CT molecular complexity index is 451. The summed E-state index contributed by atoms with van der Waals surface area (Å²) >= 11 is 0. The minimum atomic E-state index is -0.223. The molecule has 0 bridgehead atoms. The van der Waals surface area contributed by atoms with Crippen LogP contribution in [0.1, 0.15) is 37.2 Å². The minimum absolute atomic E-state index is 0.223. The highest BCUT2D eigenvalue weighted by atomic mass is 16.5. The first-order valence-corrected chi connectivity index (χ1v) is 8.62. The molecule has 0 saturated heterocycles. The molecule has 1 aromatic rings. The first kappa shape index (κ1) is 20.5. The van der Waals surface area contributed by atoms with Crippen molar-refractivity contribution < 1.29 is 14.3 Å². The first-order valence-electron chi connectivity index (χ1n) is 8.62. The molecule has 2 N–H and O–H groups in total. The van der Waals surface area contributed by atoms with E-state index in [-0.39, 0.29) is 5.91 Å². The van der Waals surface area contributed by atoms with E-state index >= 15 is 0 Å². The fraction of sp³-hybridized carbons (Fsp3) is 0.812. The summed E-state index contributed by atoms with van der Waals surface area (Å²) in [5.74, 6) is 0.448. The number of aromatic nitrogens is 3. The van der Waals surface area contributed by atoms with Crippen molar-refractivity contribution in [1.82, 2.24) is 25.6 Å². The predicted octanol–water partition coefficient (Wildman–Crippen LogP) is 0.697. The molecular weight excluding hydrogens is 310 g/mol. The third kappa shape index (κ3) is 9.59. The third-order valence-corrected chi connectivity index (χ3v) is 3.34. The lowest BCUT2D eigenvalue weighted by atomic mass is 10.1. The maximum atomic E-state index is 11.9. The van der Waals surface area contributed by atoms with Crippen LogP contribution >= 0.6 is 0 Å². The van der Waals surface area contributed by atoms with Crippen LogP contribution in [0.25, 0.3) is 0 Å². The van der Waals surface area contributed by atoms with Crippen molar-refractivity contribution in [2.45, 2.75) is 33.2 Å². The van der Waals surface area contributed by atoms with Crippen LogP contribution in [0.5, 0.6) is 0 Å². The maximum absolute atomic E-state index is 11.9. The molecular formula is C16H31N5O3. The van der Waals surface area contributed by atoms with Gasteiger partial charge in [0.05, 0.1) is 32.6 Å². The largest absolute Gasteiger partial charge is 0.378 e. The van der Waals surface area contributed by atoms with Gasteiger partial charge in [-0.2, -0.15) is 0 Å². The van der Waals surface area contributed by atoms with Gasteiger partial charge in [-0.15, -0.1) is 5.10 Å². The van der Waals surface area contributed by atoms with Crippen LogP contribution in [-0.4, -0.2) is 67.5 Å². The molecule has 1 aromatic heterocycles. The molecule has 1 rings (SSSR count). The second-order valence-electron chi connectivity index (χ2n) is 5.99. The van der Waals surface area contributed by atoms with Gasteiger partial charge >= 0.3 is 0 Å². The lowest BCUT2D eigenvalue weighted by Crippen LogP contribution is -2.28. The molecule has 0 fully saturated rings. The number of hydrogen-bond donors (Lipinski definition) is 2. The molecule has 0 aliphatic carbocycles. The number of nitrogens with one attached hydrogen (secondary N) is 2. The Balaban J connectivity index is 2.07. The number of hydrogen-bond acceptors (Lipinski definition) is 6. The van der Waals surface area contributed by atoms with Crippen LogP contribution in [0.4, 0.5) is 0 Å². The highest BCUT2D eigenvalue weighted by Gasteiger charge is 2.10. The smallest absolute Gasteiger partial charge is 0.273 e. The van der Waals surface area contributed by atoms with Gasteiger partial charge in [-0.05, 0) is 25.8 Å². The van der Waals surface area contributed by atoms with E-state index in [0.29, 0.717) is 44.6 Å². The number of ether oxygens (including phenoxy) is 2. The van der Waals surface area contributed by atoms with Gasteiger partial charge in [0.15, 0.2) is 5.69 Å². The van der Waals surface area contributed by atoms with Gasteiger partial charge in [-0.25, -0.2) is 0 Å². The summed E-state index contributed by atoms with van der Waals surface area (Å²) in [6.07, 6.45) is 3.86. The molecule has 24 heavy (non-hydrogen) atoms. The van der Waals surface area contributed by atoms with Gasteiger partial charge in [-0.1, -0.05) is 19.1 Å². The van der Waals surface area contributed by atoms with Gasteiger partial charge in [0.2, 0.25) is 0 Å². The SMILES string of the molecule is CNCCOCCOCCNC(=O)c1cn(CCCC(C)C)nn1. The first-order chi connectivity index (χ1) is 11.6. The zero-order valence-corrected chi connectivity index (χ0v) is 15.1. The topological polar surface area (TPSA) is 90.3 Å². The molecule has 8 heteroatoms. The Hall–Kier alpha value is -1.51. The minimum Gasteiger partial charge on any atom is -0.378 e. The second kappa shape index (κ2) is 12.9. The van der Waals surface area contributed by atoms with E-state index in [1.54, 1.807) is 10.9 Å². The highest BCUT2D eigenvalue weighted by molar-refractivity contribution is 5.91. The number of carbonyl (C=O) groups is 1. The van der Waals surface area contributed by atoms with Gasteiger partial charge in [-0.3, -0.25) is 9.48 Å². The Morgan fingerprint density at radius 3 is 2.58 bits per heavy atom. The molecule has 0 spiro atoms. The zero-order chi connectivity index (χ0) is 17.6. The summed E-state index contributed by atoms with van der Waals surface area (Å²) in [4.78, 5) is 11.9. The summed E-state index contributed by atoms with van der Waals surface area (Å²) in [6, 6.07) is 0. The average Bonchev–Trinajstić information content (AvgIpc) is 3.02. The summed E-state index contributed by atoms with van der Waals surface area (Å²) in [6.45, 7) is 8.63. The molecule has 0 unspecified atom stereocenters. The fourth-order valence-electron chi connectivity index (χ4n) is 2.00. The number of likely N-dealkylation sites (N-methyl/N-ethyl adjacent to an activating group) is 1. The Morgan fingerprint density at radius 1 is 1.21 bits per heavy atom. The molecule has 0 aliphatic heterocycles. The summed E-state index contributed by atoms with van der Waals surface area (Å²) in [7, 11) is 1.88. The molecule has 0 radical (unpaired) electrons. The fourth-order valence-corrected chi connectivity index (χ4v) is 2.00. The summed E-state index contributed by atoms with van der Waals surface area (Å²) in [5, 5.41) is 13.7. The quantitative estimate of drug-likeness (QED) is 0.484. The van der Waals surface area contributed by atoms with Crippen LogP contribution in [0, 0.1) is 5.92 Å². The van der Waals surface area contributed by atoms with E-state index in [4.69, 9.17) is 9.47 Å². The van der Waals surface area contributed by atoms with Gasteiger partial charge < -0.3 is 20.1 Å². The lowest BCUT2D eigenvalue weighted by Gasteiger charge is -2.06. The molecule has 0 aromatic carbocycles. The van der Waals surface area contributed by atoms with Crippen molar-refractivity contribution in [3.8, 4) is 0 Å². The predicted molar refractivity (Wildman–Crippen MR) is 92.0 cm³/mol. The summed E-state index contributed by atoms with van der Waals surface area (Å²) in [5.41, 5.74) is 0.343. The van der Waals surface area contributed by atoms with E-state index < -0.39 is 0 Å². The number of carbonyl (C=O) groups excluding carboxylic acids is 1. The Kier molecular flexibility index (Phi) is 11.0. The molecule has 8 nitrogen and oxygen atoms in total. The highest BCUT2D eigenvalue weighted by Crippen LogP contribution is 2.05. The lowest BCUT2D eigenvalue weighted by molar-refractivity contribution is 0.0496. The Labute approximate surface area is 144 Å². The average molecular weight is 341 g/mol. The van der Waals surface area contributed by atoms with Crippen molar-refractivity contribution in [2.24, 2.45) is 5.92 Å². The Morgan fingerprint density at radius 2 is 1.92 bits per heavy atom. The van der Waals surface area contributed by atoms with E-state index in [1.807, 2.05) is 7.05 Å². The van der Waals surface area contributed by atoms with E-state index in [1.165, 1.54) is 0 Å². The van der Waals surface area contributed by atoms with Crippen molar-refractivity contribution in [3.05, 3.63) is 11.9 Å². The number of nitrogens with zero attached hydrogens (tertiary/aromatic N) is 3. The molecule has 138 valence electrons. The van der Waals surface area contributed by atoms with Crippen molar-refractivity contribution in [2.75, 3.05) is 46.6 Å². The standard InChI is InChI=1S/C16H31N5O3/c1-14(2)5-4-8-21-13-15(19-20-21)16(22)18-7-10-24-12-11-23-9-6-17-3/h13-14,17H,4-12H2,1-3H3,(H,18,22). The van der Waals surface area contributed by atoms with Gasteiger partial charge in [0.25, 0.3) is 5.91 Å².